The van der Waals surface area contributed by atoms with Crippen LogP contribution in [0.25, 0.3) is 0 Å². The van der Waals surface area contributed by atoms with Crippen molar-refractivity contribution in [1.29, 1.82) is 0 Å². The molecule has 1 aromatic rings. The van der Waals surface area contributed by atoms with Gasteiger partial charge < -0.3 is 15.7 Å². The number of benzene rings is 1. The number of hydrogen-bond acceptors (Lipinski definition) is 3. The van der Waals surface area contributed by atoms with E-state index in [1.807, 2.05) is 28.7 Å². The SMILES string of the molecule is O=C(CI)NCC(=O)NC(Cc1ccccc1)C(=O)O. The van der Waals surface area contributed by atoms with Crippen LogP contribution in [0.4, 0.5) is 0 Å². The minimum atomic E-state index is -1.11. The molecule has 108 valence electrons. The number of carbonyl (C=O) groups is 3. The van der Waals surface area contributed by atoms with Gasteiger partial charge in [-0.1, -0.05) is 52.9 Å². The zero-order valence-corrected chi connectivity index (χ0v) is 12.8. The average Bonchev–Trinajstić information content (AvgIpc) is 2.45. The maximum atomic E-state index is 11.6. The van der Waals surface area contributed by atoms with Crippen LogP contribution in [0.1, 0.15) is 5.56 Å². The van der Waals surface area contributed by atoms with Crippen LogP contribution in [0.2, 0.25) is 0 Å². The number of halogens is 1. The van der Waals surface area contributed by atoms with Gasteiger partial charge in [0.05, 0.1) is 11.0 Å². The fourth-order valence-electron chi connectivity index (χ4n) is 1.52. The third-order valence-electron chi connectivity index (χ3n) is 2.48. The van der Waals surface area contributed by atoms with Crippen LogP contribution in [0.5, 0.6) is 0 Å². The maximum absolute atomic E-state index is 11.6. The molecular weight excluding hydrogens is 375 g/mol. The Labute approximate surface area is 130 Å². The third-order valence-corrected chi connectivity index (χ3v) is 3.18. The number of hydrogen-bond donors (Lipinski definition) is 3. The third kappa shape index (κ3) is 6.00. The van der Waals surface area contributed by atoms with Crippen molar-refractivity contribution in [1.82, 2.24) is 10.6 Å². The Kier molecular flexibility index (Phi) is 6.99. The van der Waals surface area contributed by atoms with E-state index < -0.39 is 17.9 Å². The Balaban J connectivity index is 2.53. The van der Waals surface area contributed by atoms with E-state index in [0.29, 0.717) is 0 Å². The first-order valence-electron chi connectivity index (χ1n) is 5.91. The predicted molar refractivity (Wildman–Crippen MR) is 81.6 cm³/mol. The second-order valence-electron chi connectivity index (χ2n) is 4.06. The monoisotopic (exact) mass is 390 g/mol. The minimum absolute atomic E-state index is 0.197. The lowest BCUT2D eigenvalue weighted by Crippen LogP contribution is -2.46. The molecule has 20 heavy (non-hydrogen) atoms. The molecule has 0 heterocycles. The lowest BCUT2D eigenvalue weighted by molar-refractivity contribution is -0.141. The number of aliphatic carboxylic acids is 1. The molecule has 6 nitrogen and oxygen atoms in total. The number of rotatable bonds is 7. The largest absolute Gasteiger partial charge is 0.480 e. The van der Waals surface area contributed by atoms with E-state index in [1.54, 1.807) is 24.3 Å². The van der Waals surface area contributed by atoms with Crippen LogP contribution in [-0.2, 0) is 20.8 Å². The van der Waals surface area contributed by atoms with E-state index in [9.17, 15) is 14.4 Å². The second kappa shape index (κ2) is 8.51. The van der Waals surface area contributed by atoms with E-state index in [2.05, 4.69) is 10.6 Å². The molecule has 1 unspecified atom stereocenters. The van der Waals surface area contributed by atoms with Crippen molar-refractivity contribution in [2.45, 2.75) is 12.5 Å². The smallest absolute Gasteiger partial charge is 0.326 e. The van der Waals surface area contributed by atoms with Crippen LogP contribution >= 0.6 is 22.6 Å². The molecule has 1 atom stereocenters. The molecule has 0 saturated carbocycles. The van der Waals surface area contributed by atoms with Crippen molar-refractivity contribution in [3.8, 4) is 0 Å². The lowest BCUT2D eigenvalue weighted by Gasteiger charge is -2.14. The molecule has 0 aliphatic heterocycles. The van der Waals surface area contributed by atoms with Gasteiger partial charge in [-0.25, -0.2) is 4.79 Å². The average molecular weight is 390 g/mol. The molecule has 0 fully saturated rings. The Morgan fingerprint density at radius 3 is 2.35 bits per heavy atom. The van der Waals surface area contributed by atoms with Crippen molar-refractivity contribution >= 4 is 40.4 Å². The number of carboxylic acid groups (broad SMARTS) is 1. The van der Waals surface area contributed by atoms with Crippen molar-refractivity contribution in [3.63, 3.8) is 0 Å². The molecule has 7 heteroatoms. The summed E-state index contributed by atoms with van der Waals surface area (Å²) in [4.78, 5) is 33.7. The molecule has 1 rings (SSSR count). The summed E-state index contributed by atoms with van der Waals surface area (Å²) in [5.74, 6) is -1.90. The standard InChI is InChI=1S/C13H15IN2O4/c14-7-11(17)15-8-12(18)16-10(13(19)20)6-9-4-2-1-3-5-9/h1-5,10H,6-8H2,(H,15,17)(H,16,18)(H,19,20). The highest BCUT2D eigenvalue weighted by Gasteiger charge is 2.20. The normalized spacial score (nSPS) is 11.4. The van der Waals surface area contributed by atoms with Crippen LogP contribution in [0.3, 0.4) is 0 Å². The van der Waals surface area contributed by atoms with E-state index in [1.165, 1.54) is 0 Å². The van der Waals surface area contributed by atoms with Crippen LogP contribution in [0, 0.1) is 0 Å². The first kappa shape index (κ1) is 16.4. The summed E-state index contributed by atoms with van der Waals surface area (Å²) in [6.07, 6.45) is 0.197. The Hall–Kier alpha value is -1.64. The fourth-order valence-corrected chi connectivity index (χ4v) is 1.79. The number of alkyl halides is 1. The maximum Gasteiger partial charge on any atom is 0.326 e. The number of nitrogens with one attached hydrogen (secondary N) is 2. The van der Waals surface area contributed by atoms with E-state index in [4.69, 9.17) is 5.11 Å². The molecule has 0 saturated heterocycles. The highest BCUT2D eigenvalue weighted by molar-refractivity contribution is 14.1. The summed E-state index contributed by atoms with van der Waals surface area (Å²) in [6, 6.07) is 8.01. The van der Waals surface area contributed by atoms with E-state index >= 15 is 0 Å². The van der Waals surface area contributed by atoms with Gasteiger partial charge in [0.15, 0.2) is 0 Å². The van der Waals surface area contributed by atoms with E-state index in [0.717, 1.165) is 5.56 Å². The Morgan fingerprint density at radius 1 is 1.15 bits per heavy atom. The highest BCUT2D eigenvalue weighted by Crippen LogP contribution is 2.03. The van der Waals surface area contributed by atoms with Crippen molar-refractivity contribution < 1.29 is 19.5 Å². The number of amides is 2. The van der Waals surface area contributed by atoms with Gasteiger partial charge in [0, 0.05) is 6.42 Å². The highest BCUT2D eigenvalue weighted by atomic mass is 127. The zero-order chi connectivity index (χ0) is 15.0. The summed E-state index contributed by atoms with van der Waals surface area (Å²) < 4.78 is 0.247. The summed E-state index contributed by atoms with van der Waals surface area (Å²) in [5.41, 5.74) is 0.816. The quantitative estimate of drug-likeness (QED) is 0.463. The molecule has 2 amide bonds. The van der Waals surface area contributed by atoms with Crippen molar-refractivity contribution in [2.24, 2.45) is 0 Å². The second-order valence-corrected chi connectivity index (χ2v) is 4.82. The van der Waals surface area contributed by atoms with Crippen LogP contribution in [-0.4, -0.2) is 39.9 Å². The Bertz CT molecular complexity index is 479. The van der Waals surface area contributed by atoms with Gasteiger partial charge in [0.2, 0.25) is 11.8 Å². The van der Waals surface area contributed by atoms with Crippen LogP contribution < -0.4 is 10.6 Å². The molecule has 0 aliphatic rings. The van der Waals surface area contributed by atoms with Gasteiger partial charge in [-0.15, -0.1) is 0 Å². The minimum Gasteiger partial charge on any atom is -0.480 e. The molecule has 0 aliphatic carbocycles. The van der Waals surface area contributed by atoms with Gasteiger partial charge in [0.1, 0.15) is 6.04 Å². The van der Waals surface area contributed by atoms with E-state index in [-0.39, 0.29) is 23.3 Å². The zero-order valence-electron chi connectivity index (χ0n) is 10.6. The van der Waals surface area contributed by atoms with Crippen molar-refractivity contribution in [3.05, 3.63) is 35.9 Å². The van der Waals surface area contributed by atoms with Gasteiger partial charge in [-0.3, -0.25) is 9.59 Å². The summed E-state index contributed by atoms with van der Waals surface area (Å²) in [5, 5.41) is 13.9. The summed E-state index contributed by atoms with van der Waals surface area (Å²) in [6.45, 7) is -0.222. The van der Waals surface area contributed by atoms with Gasteiger partial charge >= 0.3 is 5.97 Å². The summed E-state index contributed by atoms with van der Waals surface area (Å²) >= 11 is 1.87. The fraction of sp³-hybridized carbons (Fsp3) is 0.308. The topological polar surface area (TPSA) is 95.5 Å². The molecule has 0 aromatic heterocycles. The molecule has 0 bridgehead atoms. The molecule has 0 spiro atoms. The van der Waals surface area contributed by atoms with Gasteiger partial charge in [0.25, 0.3) is 0 Å². The molecule has 0 radical (unpaired) electrons. The molecule has 1 aromatic carbocycles. The van der Waals surface area contributed by atoms with Crippen LogP contribution in [0.15, 0.2) is 30.3 Å². The predicted octanol–water partition coefficient (Wildman–Crippen LogP) is 0.350. The first-order chi connectivity index (χ1) is 9.52. The Morgan fingerprint density at radius 2 is 1.80 bits per heavy atom. The lowest BCUT2D eigenvalue weighted by atomic mass is 10.1. The molecular formula is C13H15IN2O4. The first-order valence-corrected chi connectivity index (χ1v) is 7.44. The number of carbonyl (C=O) groups excluding carboxylic acids is 2. The van der Waals surface area contributed by atoms with Crippen molar-refractivity contribution in [2.75, 3.05) is 11.0 Å². The molecule has 3 N–H and O–H groups in total. The number of carboxylic acids is 1. The van der Waals surface area contributed by atoms with Gasteiger partial charge in [-0.05, 0) is 5.56 Å². The summed E-state index contributed by atoms with van der Waals surface area (Å²) in [7, 11) is 0. The van der Waals surface area contributed by atoms with Gasteiger partial charge in [-0.2, -0.15) is 0 Å².